The maximum atomic E-state index is 13.8. The zero-order valence-electron chi connectivity index (χ0n) is 20.3. The molecule has 37 heavy (non-hydrogen) atoms. The van der Waals surface area contributed by atoms with Gasteiger partial charge in [-0.25, -0.2) is 4.98 Å². The Kier molecular flexibility index (Phi) is 7.83. The van der Waals surface area contributed by atoms with E-state index in [1.54, 1.807) is 62.0 Å². The zero-order valence-corrected chi connectivity index (χ0v) is 22.8. The van der Waals surface area contributed by atoms with Crippen molar-refractivity contribution < 1.29 is 27.1 Å². The van der Waals surface area contributed by atoms with E-state index < -0.39 is 30.8 Å². The average Bonchev–Trinajstić information content (AvgIpc) is 3.11. The molecule has 0 radical (unpaired) electrons. The summed E-state index contributed by atoms with van der Waals surface area (Å²) in [5, 5.41) is 5.66. The van der Waals surface area contributed by atoms with Crippen molar-refractivity contribution >= 4 is 46.7 Å². The topological polar surface area (TPSA) is 96.5 Å². The largest absolute Gasteiger partial charge is 0.421 e. The fraction of sp³-hybridized carbons (Fsp3) is 0.375. The normalized spacial score (nSPS) is 21.2. The monoisotopic (exact) mass is 599 g/mol. The predicted molar refractivity (Wildman–Crippen MR) is 139 cm³/mol. The summed E-state index contributed by atoms with van der Waals surface area (Å²) in [6.45, 7) is 4.16. The number of nitrogens with one attached hydrogen (secondary N) is 2. The molecule has 3 atom stereocenters. The molecule has 2 aliphatic rings. The van der Waals surface area contributed by atoms with Crippen LogP contribution in [0.1, 0.15) is 18.1 Å². The highest BCUT2D eigenvalue weighted by atomic mass is 79.9. The van der Waals surface area contributed by atoms with Crippen molar-refractivity contribution in [3.63, 3.8) is 0 Å². The number of benzene rings is 1. The van der Waals surface area contributed by atoms with Gasteiger partial charge in [0, 0.05) is 54.4 Å². The number of hydrogen-bond donors (Lipinski definition) is 2. The van der Waals surface area contributed by atoms with E-state index in [0.29, 0.717) is 30.7 Å². The predicted octanol–water partition coefficient (Wildman–Crippen LogP) is 5.98. The highest BCUT2D eigenvalue weighted by Crippen LogP contribution is 2.46. The SMILES string of the molecule is CCOP(C)(=O)Cc1ccc(Nc2ncc(C(F)(F)F)c(NC3=CC=C(Br)C4CN(C)C(=O)C34)n2)cc1. The molecule has 1 saturated heterocycles. The Morgan fingerprint density at radius 1 is 1.22 bits per heavy atom. The first-order valence-electron chi connectivity index (χ1n) is 11.5. The number of anilines is 3. The zero-order chi connectivity index (χ0) is 27.0. The first kappa shape index (κ1) is 27.3. The molecule has 1 fully saturated rings. The lowest BCUT2D eigenvalue weighted by Gasteiger charge is -2.25. The molecular formula is C24H26BrF3N5O3P. The summed E-state index contributed by atoms with van der Waals surface area (Å²) >= 11 is 3.46. The molecule has 2 N–H and O–H groups in total. The summed E-state index contributed by atoms with van der Waals surface area (Å²) < 4.78 is 59.9. The van der Waals surface area contributed by atoms with Gasteiger partial charge in [-0.1, -0.05) is 28.1 Å². The fourth-order valence-electron chi connectivity index (χ4n) is 4.37. The number of carbonyl (C=O) groups excluding carboxylic acids is 1. The van der Waals surface area contributed by atoms with Gasteiger partial charge in [0.2, 0.25) is 19.2 Å². The van der Waals surface area contributed by atoms with Gasteiger partial charge in [-0.2, -0.15) is 18.2 Å². The van der Waals surface area contributed by atoms with E-state index in [-0.39, 0.29) is 23.9 Å². The molecular weight excluding hydrogens is 574 g/mol. The molecule has 4 rings (SSSR count). The summed E-state index contributed by atoms with van der Waals surface area (Å²) in [7, 11) is -1.10. The number of likely N-dealkylation sites (tertiary alicyclic amines) is 1. The second-order valence-corrected chi connectivity index (χ2v) is 12.5. The van der Waals surface area contributed by atoms with Crippen LogP contribution in [-0.4, -0.2) is 47.6 Å². The Morgan fingerprint density at radius 3 is 2.57 bits per heavy atom. The minimum Gasteiger partial charge on any atom is -0.344 e. The molecule has 1 aliphatic carbocycles. The number of fused-ring (bicyclic) bond motifs is 1. The average molecular weight is 600 g/mol. The van der Waals surface area contributed by atoms with Crippen LogP contribution in [0.25, 0.3) is 0 Å². The molecule has 2 heterocycles. The lowest BCUT2D eigenvalue weighted by atomic mass is 9.88. The number of amides is 1. The van der Waals surface area contributed by atoms with Crippen molar-refractivity contribution in [2.24, 2.45) is 11.8 Å². The third kappa shape index (κ3) is 6.25. The Morgan fingerprint density at radius 2 is 1.92 bits per heavy atom. The van der Waals surface area contributed by atoms with Gasteiger partial charge in [0.15, 0.2) is 0 Å². The second-order valence-electron chi connectivity index (χ2n) is 8.97. The van der Waals surface area contributed by atoms with Gasteiger partial charge >= 0.3 is 6.18 Å². The van der Waals surface area contributed by atoms with E-state index in [4.69, 9.17) is 4.52 Å². The van der Waals surface area contributed by atoms with E-state index in [2.05, 4.69) is 36.5 Å². The Bertz CT molecular complexity index is 1300. The van der Waals surface area contributed by atoms with Crippen LogP contribution >= 0.6 is 23.3 Å². The molecule has 1 aromatic heterocycles. The van der Waals surface area contributed by atoms with Gasteiger partial charge in [-0.3, -0.25) is 9.36 Å². The van der Waals surface area contributed by atoms with E-state index in [1.165, 1.54) is 0 Å². The van der Waals surface area contributed by atoms with Crippen LogP contribution in [0.4, 0.5) is 30.6 Å². The molecule has 8 nitrogen and oxygen atoms in total. The van der Waals surface area contributed by atoms with Gasteiger partial charge in [-0.05, 0) is 36.8 Å². The third-order valence-corrected chi connectivity index (χ3v) is 8.66. The van der Waals surface area contributed by atoms with E-state index in [1.807, 2.05) is 0 Å². The molecule has 3 unspecified atom stereocenters. The van der Waals surface area contributed by atoms with Gasteiger partial charge in [0.25, 0.3) is 0 Å². The van der Waals surface area contributed by atoms with Crippen LogP contribution in [0.3, 0.4) is 0 Å². The number of halogens is 4. The molecule has 2 aromatic rings. The lowest BCUT2D eigenvalue weighted by Crippen LogP contribution is -2.28. The van der Waals surface area contributed by atoms with Crippen LogP contribution in [0.5, 0.6) is 0 Å². The quantitative estimate of drug-likeness (QED) is 0.360. The molecule has 0 spiro atoms. The number of hydrogen-bond acceptors (Lipinski definition) is 7. The van der Waals surface area contributed by atoms with Crippen molar-refractivity contribution in [3.8, 4) is 0 Å². The number of alkyl halides is 3. The summed E-state index contributed by atoms with van der Waals surface area (Å²) in [6, 6.07) is 6.89. The number of allylic oxidation sites excluding steroid dienone is 2. The number of rotatable bonds is 8. The van der Waals surface area contributed by atoms with Gasteiger partial charge in [0.05, 0.1) is 12.5 Å². The van der Waals surface area contributed by atoms with E-state index >= 15 is 0 Å². The first-order chi connectivity index (χ1) is 17.4. The summed E-state index contributed by atoms with van der Waals surface area (Å²) in [6.07, 6.45) is -0.423. The summed E-state index contributed by atoms with van der Waals surface area (Å²) in [4.78, 5) is 22.2. The Labute approximate surface area is 221 Å². The molecule has 1 aliphatic heterocycles. The molecule has 0 saturated carbocycles. The van der Waals surface area contributed by atoms with Crippen molar-refractivity contribution in [3.05, 3.63) is 63.9 Å². The standard InChI is InChI=1S/C24H26BrF3N5O3P/c1-4-36-37(3,35)13-14-5-7-15(8-6-14)30-23-29-11-17(24(26,27)28)21(32-23)31-19-10-9-18(25)16-12-33(2)22(34)20(16)19/h5-11,16,20H,4,12-13H2,1-3H3,(H2,29,30,31,32). The van der Waals surface area contributed by atoms with Crippen molar-refractivity contribution in [1.82, 2.24) is 14.9 Å². The highest BCUT2D eigenvalue weighted by Gasteiger charge is 2.44. The molecule has 1 amide bonds. The van der Waals surface area contributed by atoms with Crippen LogP contribution in [0, 0.1) is 11.8 Å². The summed E-state index contributed by atoms with van der Waals surface area (Å²) in [5.41, 5.74) is 0.617. The maximum absolute atomic E-state index is 13.8. The van der Waals surface area contributed by atoms with Gasteiger partial charge < -0.3 is 20.1 Å². The number of nitrogens with zero attached hydrogens (tertiary/aromatic N) is 3. The van der Waals surface area contributed by atoms with E-state index in [0.717, 1.165) is 10.0 Å². The third-order valence-electron chi connectivity index (χ3n) is 6.07. The Hall–Kier alpha value is -2.69. The van der Waals surface area contributed by atoms with E-state index in [9.17, 15) is 22.5 Å². The minimum atomic E-state index is -4.71. The second kappa shape index (κ2) is 10.6. The number of carbonyl (C=O) groups is 1. The lowest BCUT2D eigenvalue weighted by molar-refractivity contribution is -0.137. The molecule has 198 valence electrons. The first-order valence-corrected chi connectivity index (χ1v) is 14.5. The van der Waals surface area contributed by atoms with Crippen molar-refractivity contribution in [2.75, 3.05) is 37.5 Å². The molecule has 13 heteroatoms. The van der Waals surface area contributed by atoms with Crippen LogP contribution in [-0.2, 0) is 26.2 Å². The van der Waals surface area contributed by atoms with Crippen molar-refractivity contribution in [2.45, 2.75) is 19.3 Å². The smallest absolute Gasteiger partial charge is 0.344 e. The van der Waals surface area contributed by atoms with Gasteiger partial charge in [-0.15, -0.1) is 0 Å². The van der Waals surface area contributed by atoms with Gasteiger partial charge in [0.1, 0.15) is 11.4 Å². The summed E-state index contributed by atoms with van der Waals surface area (Å²) in [5.74, 6) is -1.54. The highest BCUT2D eigenvalue weighted by molar-refractivity contribution is 9.11. The van der Waals surface area contributed by atoms with Crippen molar-refractivity contribution in [1.29, 1.82) is 0 Å². The fourth-order valence-corrected chi connectivity index (χ4v) is 6.42. The minimum absolute atomic E-state index is 0.0571. The molecule has 0 bridgehead atoms. The van der Waals surface area contributed by atoms with Crippen LogP contribution in [0.15, 0.2) is 52.8 Å². The number of aromatic nitrogens is 2. The Balaban J connectivity index is 1.58. The van der Waals surface area contributed by atoms with Crippen LogP contribution in [0.2, 0.25) is 0 Å². The van der Waals surface area contributed by atoms with Crippen LogP contribution < -0.4 is 10.6 Å². The molecule has 1 aromatic carbocycles. The maximum Gasteiger partial charge on any atom is 0.421 e.